The molecule has 0 spiro atoms. The van der Waals surface area contributed by atoms with Crippen LogP contribution in [0.3, 0.4) is 0 Å². The van der Waals surface area contributed by atoms with Gasteiger partial charge in [0.05, 0.1) is 0 Å². The van der Waals surface area contributed by atoms with E-state index in [4.69, 9.17) is 4.74 Å². The Morgan fingerprint density at radius 3 is 2.76 bits per heavy atom. The van der Waals surface area contributed by atoms with E-state index in [0.29, 0.717) is 5.92 Å². The van der Waals surface area contributed by atoms with Crippen LogP contribution < -0.4 is 5.32 Å². The van der Waals surface area contributed by atoms with Crippen molar-refractivity contribution >= 4 is 5.91 Å². The van der Waals surface area contributed by atoms with Gasteiger partial charge >= 0.3 is 0 Å². The number of nitrogens with zero attached hydrogens (tertiary/aromatic N) is 1. The van der Waals surface area contributed by atoms with Crippen molar-refractivity contribution in [1.29, 1.82) is 0 Å². The van der Waals surface area contributed by atoms with E-state index >= 15 is 0 Å². The van der Waals surface area contributed by atoms with Crippen LogP contribution in [-0.2, 0) is 9.53 Å². The van der Waals surface area contributed by atoms with Crippen LogP contribution in [0.1, 0.15) is 33.6 Å². The first-order chi connectivity index (χ1) is 7.92. The van der Waals surface area contributed by atoms with E-state index in [2.05, 4.69) is 26.1 Å². The molecule has 1 rings (SSSR count). The van der Waals surface area contributed by atoms with E-state index in [0.717, 1.165) is 26.1 Å². The minimum Gasteiger partial charge on any atom is -0.375 e. The molecule has 1 aliphatic rings. The molecule has 1 N–H and O–H groups in total. The highest BCUT2D eigenvalue weighted by molar-refractivity contribution is 5.77. The minimum absolute atomic E-state index is 0.118. The van der Waals surface area contributed by atoms with Crippen LogP contribution >= 0.6 is 0 Å². The third kappa shape index (κ3) is 5.50. The number of ether oxygens (including phenoxy) is 1. The molecule has 4 heteroatoms. The van der Waals surface area contributed by atoms with Crippen molar-refractivity contribution in [1.82, 2.24) is 10.2 Å². The normalized spacial score (nSPS) is 21.6. The molecule has 0 saturated carbocycles. The van der Waals surface area contributed by atoms with Crippen LogP contribution in [0.25, 0.3) is 0 Å². The van der Waals surface area contributed by atoms with Gasteiger partial charge in [-0.3, -0.25) is 4.79 Å². The highest BCUT2D eigenvalue weighted by Gasteiger charge is 2.24. The van der Waals surface area contributed by atoms with Gasteiger partial charge < -0.3 is 15.0 Å². The Labute approximate surface area is 105 Å². The van der Waals surface area contributed by atoms with E-state index in [-0.39, 0.29) is 18.1 Å². The number of methoxy groups -OCH3 is 1. The molecule has 0 aromatic rings. The number of hydrogen-bond acceptors (Lipinski definition) is 3. The number of carbonyl (C=O) groups excluding carboxylic acids is 1. The van der Waals surface area contributed by atoms with Gasteiger partial charge in [0.25, 0.3) is 0 Å². The molecule has 1 atom stereocenters. The third-order valence-electron chi connectivity index (χ3n) is 3.06. The van der Waals surface area contributed by atoms with E-state index in [1.165, 1.54) is 6.42 Å². The van der Waals surface area contributed by atoms with Gasteiger partial charge in [-0.05, 0) is 39.5 Å². The molecule has 1 saturated heterocycles. The van der Waals surface area contributed by atoms with Crippen molar-refractivity contribution in [2.45, 2.75) is 39.2 Å². The predicted molar refractivity (Wildman–Crippen MR) is 68.9 cm³/mol. The summed E-state index contributed by atoms with van der Waals surface area (Å²) in [6, 6.07) is 0. The first kappa shape index (κ1) is 14.5. The van der Waals surface area contributed by atoms with Crippen LogP contribution in [0.5, 0.6) is 0 Å². The Balaban J connectivity index is 2.36. The lowest BCUT2D eigenvalue weighted by molar-refractivity contribution is -0.136. The van der Waals surface area contributed by atoms with Gasteiger partial charge in [-0.1, -0.05) is 0 Å². The lowest BCUT2D eigenvalue weighted by Crippen LogP contribution is -2.47. The molecule has 100 valence electrons. The molecule has 1 heterocycles. The Morgan fingerprint density at radius 2 is 2.18 bits per heavy atom. The fourth-order valence-electron chi connectivity index (χ4n) is 2.12. The largest absolute Gasteiger partial charge is 0.375 e. The maximum atomic E-state index is 11.7. The van der Waals surface area contributed by atoms with Gasteiger partial charge in [0.15, 0.2) is 0 Å². The lowest BCUT2D eigenvalue weighted by Gasteiger charge is -2.34. The van der Waals surface area contributed by atoms with Crippen LogP contribution in [0.15, 0.2) is 0 Å². The number of rotatable bonds is 4. The van der Waals surface area contributed by atoms with E-state index in [9.17, 15) is 4.79 Å². The van der Waals surface area contributed by atoms with E-state index in [1.807, 2.05) is 4.90 Å². The second-order valence-electron chi connectivity index (χ2n) is 5.91. The van der Waals surface area contributed by atoms with Gasteiger partial charge in [0.2, 0.25) is 5.91 Å². The van der Waals surface area contributed by atoms with Gasteiger partial charge in [-0.15, -0.1) is 0 Å². The van der Waals surface area contributed by atoms with Crippen molar-refractivity contribution in [3.05, 3.63) is 0 Å². The standard InChI is InChI=1S/C13H26N2O2/c1-13(2,3)14-8-11-6-5-7-15(9-11)12(16)10-17-4/h11,14H,5-10H2,1-4H3. The van der Waals surface area contributed by atoms with Crippen molar-refractivity contribution in [2.75, 3.05) is 33.4 Å². The zero-order chi connectivity index (χ0) is 12.9. The first-order valence-corrected chi connectivity index (χ1v) is 6.44. The number of likely N-dealkylation sites (tertiary alicyclic amines) is 1. The maximum absolute atomic E-state index is 11.7. The van der Waals surface area contributed by atoms with E-state index < -0.39 is 0 Å². The molecule has 4 nitrogen and oxygen atoms in total. The highest BCUT2D eigenvalue weighted by Crippen LogP contribution is 2.16. The van der Waals surface area contributed by atoms with Gasteiger partial charge in [0, 0.05) is 32.3 Å². The fourth-order valence-corrected chi connectivity index (χ4v) is 2.12. The molecule has 1 unspecified atom stereocenters. The molecule has 1 fully saturated rings. The predicted octanol–water partition coefficient (Wildman–Crippen LogP) is 1.26. The SMILES string of the molecule is COCC(=O)N1CCCC(CNC(C)(C)C)C1. The monoisotopic (exact) mass is 242 g/mol. The lowest BCUT2D eigenvalue weighted by atomic mass is 9.96. The number of hydrogen-bond donors (Lipinski definition) is 1. The summed E-state index contributed by atoms with van der Waals surface area (Å²) in [5, 5.41) is 3.51. The average Bonchev–Trinajstić information content (AvgIpc) is 2.26. The second kappa shape index (κ2) is 6.36. The van der Waals surface area contributed by atoms with Crippen molar-refractivity contribution in [3.8, 4) is 0 Å². The number of carbonyl (C=O) groups is 1. The summed E-state index contributed by atoms with van der Waals surface area (Å²) < 4.78 is 4.90. The van der Waals surface area contributed by atoms with Crippen molar-refractivity contribution in [2.24, 2.45) is 5.92 Å². The third-order valence-corrected chi connectivity index (χ3v) is 3.06. The van der Waals surface area contributed by atoms with E-state index in [1.54, 1.807) is 7.11 Å². The zero-order valence-electron chi connectivity index (χ0n) is 11.6. The molecule has 0 aromatic carbocycles. The molecule has 1 amide bonds. The van der Waals surface area contributed by atoms with Gasteiger partial charge in [-0.25, -0.2) is 0 Å². The Bertz CT molecular complexity index is 248. The molecule has 0 radical (unpaired) electrons. The maximum Gasteiger partial charge on any atom is 0.248 e. The second-order valence-corrected chi connectivity index (χ2v) is 5.91. The molecule has 0 aromatic heterocycles. The number of nitrogens with one attached hydrogen (secondary N) is 1. The summed E-state index contributed by atoms with van der Waals surface area (Å²) in [6.07, 6.45) is 2.31. The van der Waals surface area contributed by atoms with Crippen LogP contribution in [0.4, 0.5) is 0 Å². The Morgan fingerprint density at radius 1 is 1.47 bits per heavy atom. The summed E-state index contributed by atoms with van der Waals surface area (Å²) in [5.74, 6) is 0.691. The molecule has 1 aliphatic heterocycles. The Hall–Kier alpha value is -0.610. The van der Waals surface area contributed by atoms with Gasteiger partial charge in [-0.2, -0.15) is 0 Å². The zero-order valence-corrected chi connectivity index (χ0v) is 11.6. The van der Waals surface area contributed by atoms with Crippen LogP contribution in [0.2, 0.25) is 0 Å². The number of piperidine rings is 1. The fraction of sp³-hybridized carbons (Fsp3) is 0.923. The Kier molecular flexibility index (Phi) is 5.40. The molecular weight excluding hydrogens is 216 g/mol. The summed E-state index contributed by atoms with van der Waals surface area (Å²) in [4.78, 5) is 13.7. The van der Waals surface area contributed by atoms with Crippen molar-refractivity contribution in [3.63, 3.8) is 0 Å². The smallest absolute Gasteiger partial charge is 0.248 e. The molecule has 17 heavy (non-hydrogen) atoms. The highest BCUT2D eigenvalue weighted by atomic mass is 16.5. The number of amides is 1. The summed E-state index contributed by atoms with van der Waals surface area (Å²) >= 11 is 0. The van der Waals surface area contributed by atoms with Crippen LogP contribution in [0, 0.1) is 5.92 Å². The average molecular weight is 242 g/mol. The summed E-state index contributed by atoms with van der Waals surface area (Å²) in [7, 11) is 1.57. The minimum atomic E-state index is 0.118. The first-order valence-electron chi connectivity index (χ1n) is 6.44. The topological polar surface area (TPSA) is 41.6 Å². The quantitative estimate of drug-likeness (QED) is 0.807. The molecule has 0 aliphatic carbocycles. The van der Waals surface area contributed by atoms with Gasteiger partial charge in [0.1, 0.15) is 6.61 Å². The summed E-state index contributed by atoms with van der Waals surface area (Å²) in [6.45, 7) is 9.45. The molecule has 0 bridgehead atoms. The summed E-state index contributed by atoms with van der Waals surface area (Å²) in [5.41, 5.74) is 0.152. The van der Waals surface area contributed by atoms with Crippen LogP contribution in [-0.4, -0.2) is 49.7 Å². The van der Waals surface area contributed by atoms with Crippen molar-refractivity contribution < 1.29 is 9.53 Å². The molecular formula is C13H26N2O2.